The highest BCUT2D eigenvalue weighted by Crippen LogP contribution is 2.31. The lowest BCUT2D eigenvalue weighted by Crippen LogP contribution is -2.31. The summed E-state index contributed by atoms with van der Waals surface area (Å²) in [6.45, 7) is 1.99. The van der Waals surface area contributed by atoms with Crippen LogP contribution in [0, 0.1) is 5.82 Å². The van der Waals surface area contributed by atoms with Gasteiger partial charge in [0, 0.05) is 24.5 Å². The zero-order chi connectivity index (χ0) is 14.5. The summed E-state index contributed by atoms with van der Waals surface area (Å²) in [7, 11) is 0. The van der Waals surface area contributed by atoms with Crippen LogP contribution in [-0.4, -0.2) is 11.0 Å². The molecule has 2 atom stereocenters. The third kappa shape index (κ3) is 3.55. The molecule has 0 fully saturated rings. The molecule has 1 heterocycles. The van der Waals surface area contributed by atoms with E-state index in [1.807, 2.05) is 19.1 Å². The normalized spacial score (nSPS) is 13.8. The number of hydrogen-bond acceptors (Lipinski definition) is 3. The summed E-state index contributed by atoms with van der Waals surface area (Å²) >= 11 is 3.36. The predicted molar refractivity (Wildman–Crippen MR) is 80.0 cm³/mol. The van der Waals surface area contributed by atoms with Gasteiger partial charge < -0.3 is 10.5 Å². The maximum Gasteiger partial charge on any atom is 0.139 e. The highest BCUT2D eigenvalue weighted by molar-refractivity contribution is 9.10. The highest BCUT2D eigenvalue weighted by atomic mass is 79.9. The summed E-state index contributed by atoms with van der Waals surface area (Å²) < 4.78 is 20.0. The average Bonchev–Trinajstić information content (AvgIpc) is 2.48. The van der Waals surface area contributed by atoms with Gasteiger partial charge in [0.1, 0.15) is 17.7 Å². The van der Waals surface area contributed by atoms with Gasteiger partial charge >= 0.3 is 0 Å². The number of ether oxygens (including phenoxy) is 1. The second-order valence-corrected chi connectivity index (χ2v) is 5.32. The van der Waals surface area contributed by atoms with Crippen LogP contribution in [0.5, 0.6) is 5.75 Å². The van der Waals surface area contributed by atoms with Gasteiger partial charge in [0.25, 0.3) is 0 Å². The van der Waals surface area contributed by atoms with Crippen molar-refractivity contribution in [2.24, 2.45) is 5.73 Å². The Kier molecular flexibility index (Phi) is 5.09. The van der Waals surface area contributed by atoms with E-state index >= 15 is 0 Å². The van der Waals surface area contributed by atoms with Crippen molar-refractivity contribution in [2.75, 3.05) is 0 Å². The van der Waals surface area contributed by atoms with Crippen molar-refractivity contribution in [3.63, 3.8) is 0 Å². The van der Waals surface area contributed by atoms with Crippen LogP contribution in [0.3, 0.4) is 0 Å². The van der Waals surface area contributed by atoms with E-state index in [2.05, 4.69) is 20.9 Å². The van der Waals surface area contributed by atoms with Gasteiger partial charge in [-0.15, -0.1) is 0 Å². The van der Waals surface area contributed by atoms with E-state index in [-0.39, 0.29) is 18.0 Å². The topological polar surface area (TPSA) is 48.1 Å². The van der Waals surface area contributed by atoms with E-state index < -0.39 is 0 Å². The van der Waals surface area contributed by atoms with Gasteiger partial charge in [0.2, 0.25) is 0 Å². The van der Waals surface area contributed by atoms with Crippen molar-refractivity contribution in [3.05, 3.63) is 58.6 Å². The summed E-state index contributed by atoms with van der Waals surface area (Å²) in [6, 6.07) is 7.86. The molecule has 0 radical (unpaired) electrons. The Morgan fingerprint density at radius 3 is 2.65 bits per heavy atom. The average molecular weight is 339 g/mol. The molecular formula is C15H16BrFN2O. The zero-order valence-electron chi connectivity index (χ0n) is 11.1. The first-order chi connectivity index (χ1) is 9.61. The summed E-state index contributed by atoms with van der Waals surface area (Å²) in [5, 5.41) is 0. The number of pyridine rings is 1. The number of nitrogens with zero attached hydrogens (tertiary/aromatic N) is 1. The van der Waals surface area contributed by atoms with Crippen molar-refractivity contribution < 1.29 is 9.13 Å². The van der Waals surface area contributed by atoms with E-state index in [4.69, 9.17) is 10.5 Å². The SMILES string of the molecule is CCC(N)C(Oc1cc(F)ccc1Br)c1ccncc1. The standard InChI is InChI=1S/C15H16BrFN2O/c1-2-13(18)15(10-5-7-19-8-6-10)20-14-9-11(17)3-4-12(14)16/h3-9,13,15H,2,18H2,1H3. The number of nitrogens with two attached hydrogens (primary N) is 1. The summed E-state index contributed by atoms with van der Waals surface area (Å²) in [4.78, 5) is 3.99. The van der Waals surface area contributed by atoms with Crippen LogP contribution in [-0.2, 0) is 0 Å². The van der Waals surface area contributed by atoms with Crippen LogP contribution in [0.25, 0.3) is 0 Å². The molecule has 0 bridgehead atoms. The lowest BCUT2D eigenvalue weighted by atomic mass is 10.0. The molecule has 2 aromatic rings. The van der Waals surface area contributed by atoms with Crippen molar-refractivity contribution in [2.45, 2.75) is 25.5 Å². The number of hydrogen-bond donors (Lipinski definition) is 1. The maximum absolute atomic E-state index is 13.3. The van der Waals surface area contributed by atoms with Gasteiger partial charge in [0.05, 0.1) is 4.47 Å². The molecule has 1 aromatic carbocycles. The first kappa shape index (κ1) is 14.9. The minimum absolute atomic E-state index is 0.187. The number of rotatable bonds is 5. The molecule has 2 rings (SSSR count). The summed E-state index contributed by atoms with van der Waals surface area (Å²) in [6.07, 6.45) is 3.78. The van der Waals surface area contributed by atoms with Crippen LogP contribution < -0.4 is 10.5 Å². The van der Waals surface area contributed by atoms with E-state index in [1.165, 1.54) is 12.1 Å². The fourth-order valence-corrected chi connectivity index (χ4v) is 2.21. The zero-order valence-corrected chi connectivity index (χ0v) is 12.7. The van der Waals surface area contributed by atoms with Gasteiger partial charge in [0.15, 0.2) is 0 Å². The predicted octanol–water partition coefficient (Wildman–Crippen LogP) is 3.84. The second kappa shape index (κ2) is 6.81. The van der Waals surface area contributed by atoms with E-state index in [0.29, 0.717) is 10.2 Å². The maximum atomic E-state index is 13.3. The first-order valence-electron chi connectivity index (χ1n) is 6.39. The van der Waals surface area contributed by atoms with Crippen LogP contribution in [0.15, 0.2) is 47.2 Å². The minimum atomic E-state index is -0.346. The Hall–Kier alpha value is -1.46. The molecule has 0 amide bonds. The highest BCUT2D eigenvalue weighted by Gasteiger charge is 2.21. The second-order valence-electron chi connectivity index (χ2n) is 4.47. The number of aromatic nitrogens is 1. The monoisotopic (exact) mass is 338 g/mol. The molecule has 2 unspecified atom stereocenters. The lowest BCUT2D eigenvalue weighted by molar-refractivity contribution is 0.169. The molecule has 0 aliphatic rings. The lowest BCUT2D eigenvalue weighted by Gasteiger charge is -2.25. The molecule has 0 aliphatic carbocycles. The smallest absolute Gasteiger partial charge is 0.139 e. The van der Waals surface area contributed by atoms with E-state index in [1.54, 1.807) is 18.5 Å². The van der Waals surface area contributed by atoms with Gasteiger partial charge in [-0.05, 0) is 52.2 Å². The van der Waals surface area contributed by atoms with Gasteiger partial charge in [-0.1, -0.05) is 6.92 Å². The molecular weight excluding hydrogens is 323 g/mol. The van der Waals surface area contributed by atoms with Crippen molar-refractivity contribution in [1.29, 1.82) is 0 Å². The number of benzene rings is 1. The van der Waals surface area contributed by atoms with Crippen molar-refractivity contribution >= 4 is 15.9 Å². The van der Waals surface area contributed by atoms with Crippen LogP contribution in [0.2, 0.25) is 0 Å². The molecule has 106 valence electrons. The largest absolute Gasteiger partial charge is 0.483 e. The molecule has 0 spiro atoms. The van der Waals surface area contributed by atoms with Crippen LogP contribution >= 0.6 is 15.9 Å². The number of halogens is 2. The Morgan fingerprint density at radius 2 is 2.00 bits per heavy atom. The molecule has 3 nitrogen and oxygen atoms in total. The fourth-order valence-electron chi connectivity index (χ4n) is 1.87. The van der Waals surface area contributed by atoms with Gasteiger partial charge in [-0.2, -0.15) is 0 Å². The molecule has 0 aliphatic heterocycles. The van der Waals surface area contributed by atoms with Crippen LogP contribution in [0.1, 0.15) is 25.0 Å². The Morgan fingerprint density at radius 1 is 1.30 bits per heavy atom. The third-order valence-corrected chi connectivity index (χ3v) is 3.70. The van der Waals surface area contributed by atoms with Gasteiger partial charge in [-0.25, -0.2) is 4.39 Å². The van der Waals surface area contributed by atoms with E-state index in [0.717, 1.165) is 12.0 Å². The summed E-state index contributed by atoms with van der Waals surface area (Å²) in [5.41, 5.74) is 7.05. The molecule has 0 saturated carbocycles. The Balaban J connectivity index is 2.31. The summed E-state index contributed by atoms with van der Waals surface area (Å²) in [5.74, 6) is 0.0949. The molecule has 2 N–H and O–H groups in total. The van der Waals surface area contributed by atoms with E-state index in [9.17, 15) is 4.39 Å². The quantitative estimate of drug-likeness (QED) is 0.900. The van der Waals surface area contributed by atoms with Crippen LogP contribution in [0.4, 0.5) is 4.39 Å². The van der Waals surface area contributed by atoms with Gasteiger partial charge in [-0.3, -0.25) is 4.98 Å². The van der Waals surface area contributed by atoms with Crippen molar-refractivity contribution in [1.82, 2.24) is 4.98 Å². The minimum Gasteiger partial charge on any atom is -0.483 e. The fraction of sp³-hybridized carbons (Fsp3) is 0.267. The molecule has 1 aromatic heterocycles. The molecule has 20 heavy (non-hydrogen) atoms. The molecule has 0 saturated heterocycles. The van der Waals surface area contributed by atoms with Crippen molar-refractivity contribution in [3.8, 4) is 5.75 Å². The molecule has 5 heteroatoms. The first-order valence-corrected chi connectivity index (χ1v) is 7.18. The Bertz CT molecular complexity index is 565. The Labute approximate surface area is 126 Å². The third-order valence-electron chi connectivity index (χ3n) is 3.04.